The summed E-state index contributed by atoms with van der Waals surface area (Å²) in [7, 11) is 0. The first-order chi connectivity index (χ1) is 13.4. The van der Waals surface area contributed by atoms with E-state index >= 15 is 0 Å². The predicted octanol–water partition coefficient (Wildman–Crippen LogP) is 4.48. The van der Waals surface area contributed by atoms with Crippen molar-refractivity contribution >= 4 is 23.2 Å². The lowest BCUT2D eigenvalue weighted by atomic mass is 10.1. The van der Waals surface area contributed by atoms with E-state index in [1.54, 1.807) is 0 Å². The zero-order valence-corrected chi connectivity index (χ0v) is 15.2. The molecule has 1 heterocycles. The molecule has 0 bridgehead atoms. The lowest BCUT2D eigenvalue weighted by Crippen LogP contribution is -2.18. The highest BCUT2D eigenvalue weighted by molar-refractivity contribution is 6.08. The van der Waals surface area contributed by atoms with Crippen LogP contribution in [-0.4, -0.2) is 16.8 Å². The average Bonchev–Trinajstić information content (AvgIpc) is 2.67. The van der Waals surface area contributed by atoms with Crippen LogP contribution in [0.25, 0.3) is 0 Å². The summed E-state index contributed by atoms with van der Waals surface area (Å²) < 4.78 is 27.4. The lowest BCUT2D eigenvalue weighted by Gasteiger charge is -2.12. The predicted molar refractivity (Wildman–Crippen MR) is 102 cm³/mol. The van der Waals surface area contributed by atoms with E-state index in [1.807, 2.05) is 32.0 Å². The number of halogens is 2. The number of rotatable bonds is 4. The molecule has 2 N–H and O–H groups in total. The highest BCUT2D eigenvalue weighted by Crippen LogP contribution is 2.21. The van der Waals surface area contributed by atoms with Crippen molar-refractivity contribution in [3.63, 3.8) is 0 Å². The Morgan fingerprint density at radius 1 is 0.821 bits per heavy atom. The number of carbonyl (C=O) groups is 2. The summed E-state index contributed by atoms with van der Waals surface area (Å²) in [6.07, 6.45) is 1.28. The maximum Gasteiger partial charge on any atom is 0.274 e. The fraction of sp³-hybridized carbons (Fsp3) is 0.0952. The normalized spacial score (nSPS) is 10.4. The summed E-state index contributed by atoms with van der Waals surface area (Å²) in [5.41, 5.74) is 1.94. The summed E-state index contributed by atoms with van der Waals surface area (Å²) in [5, 5.41) is 4.96. The van der Waals surface area contributed by atoms with Gasteiger partial charge in [-0.3, -0.25) is 14.6 Å². The third kappa shape index (κ3) is 4.03. The minimum absolute atomic E-state index is 0.00399. The standard InChI is InChI=1S/C21H17F2N3O2/c1-12-5-3-6-13(2)18(12)25-21(28)17-11-14(9-10-24-17)20(27)26-19-15(22)7-4-8-16(19)23/h3-11H,1-2H3,(H,25,28)(H,26,27). The van der Waals surface area contributed by atoms with E-state index < -0.39 is 29.1 Å². The van der Waals surface area contributed by atoms with Gasteiger partial charge in [-0.15, -0.1) is 0 Å². The van der Waals surface area contributed by atoms with Crippen LogP contribution < -0.4 is 10.6 Å². The van der Waals surface area contributed by atoms with Gasteiger partial charge in [-0.1, -0.05) is 24.3 Å². The molecule has 0 aliphatic rings. The number of benzene rings is 2. The number of carbonyl (C=O) groups excluding carboxylic acids is 2. The van der Waals surface area contributed by atoms with Gasteiger partial charge in [-0.2, -0.15) is 0 Å². The van der Waals surface area contributed by atoms with E-state index in [1.165, 1.54) is 24.4 Å². The summed E-state index contributed by atoms with van der Waals surface area (Å²) in [4.78, 5) is 28.9. The summed E-state index contributed by atoms with van der Waals surface area (Å²) in [5.74, 6) is -3.04. The molecule has 3 aromatic rings. The summed E-state index contributed by atoms with van der Waals surface area (Å²) in [6, 6.07) is 11.5. The maximum atomic E-state index is 13.7. The smallest absolute Gasteiger partial charge is 0.274 e. The van der Waals surface area contributed by atoms with Gasteiger partial charge in [0.05, 0.1) is 0 Å². The number of anilines is 2. The molecule has 0 aliphatic carbocycles. The molecule has 1 aromatic heterocycles. The molecule has 0 radical (unpaired) electrons. The first-order valence-corrected chi connectivity index (χ1v) is 8.46. The van der Waals surface area contributed by atoms with E-state index in [2.05, 4.69) is 15.6 Å². The molecule has 2 amide bonds. The molecule has 0 aliphatic heterocycles. The molecular formula is C21H17F2N3O2. The third-order valence-electron chi connectivity index (χ3n) is 4.18. The number of pyridine rings is 1. The van der Waals surface area contributed by atoms with Crippen molar-refractivity contribution in [1.29, 1.82) is 0 Å². The zero-order valence-electron chi connectivity index (χ0n) is 15.2. The number of hydrogen-bond acceptors (Lipinski definition) is 3. The molecule has 0 saturated heterocycles. The molecule has 28 heavy (non-hydrogen) atoms. The van der Waals surface area contributed by atoms with Gasteiger partial charge in [0, 0.05) is 17.4 Å². The molecule has 5 nitrogen and oxygen atoms in total. The number of aryl methyl sites for hydroxylation is 2. The topological polar surface area (TPSA) is 71.1 Å². The SMILES string of the molecule is Cc1cccc(C)c1NC(=O)c1cc(C(=O)Nc2c(F)cccc2F)ccn1. The fourth-order valence-corrected chi connectivity index (χ4v) is 2.69. The van der Waals surface area contributed by atoms with E-state index in [0.717, 1.165) is 23.3 Å². The zero-order chi connectivity index (χ0) is 20.3. The Balaban J connectivity index is 1.82. The molecule has 0 saturated carbocycles. The Labute approximate surface area is 160 Å². The van der Waals surface area contributed by atoms with Crippen LogP contribution in [-0.2, 0) is 0 Å². The average molecular weight is 381 g/mol. The minimum atomic E-state index is -0.893. The number of para-hydroxylation sites is 2. The Morgan fingerprint density at radius 3 is 2.04 bits per heavy atom. The van der Waals surface area contributed by atoms with Crippen molar-refractivity contribution in [3.8, 4) is 0 Å². The Morgan fingerprint density at radius 2 is 1.39 bits per heavy atom. The van der Waals surface area contributed by atoms with Crippen molar-refractivity contribution in [3.05, 3.63) is 88.7 Å². The van der Waals surface area contributed by atoms with E-state index in [-0.39, 0.29) is 11.3 Å². The van der Waals surface area contributed by atoms with Crippen molar-refractivity contribution in [2.45, 2.75) is 13.8 Å². The number of nitrogens with zero attached hydrogens (tertiary/aromatic N) is 1. The van der Waals surface area contributed by atoms with E-state index in [0.29, 0.717) is 5.69 Å². The first kappa shape index (κ1) is 19.2. The Bertz CT molecular complexity index is 946. The van der Waals surface area contributed by atoms with E-state index in [9.17, 15) is 18.4 Å². The van der Waals surface area contributed by atoms with Gasteiger partial charge in [-0.25, -0.2) is 8.78 Å². The number of aromatic nitrogens is 1. The highest BCUT2D eigenvalue weighted by atomic mass is 19.1. The molecule has 7 heteroatoms. The van der Waals surface area contributed by atoms with Crippen molar-refractivity contribution in [2.24, 2.45) is 0 Å². The van der Waals surface area contributed by atoms with Crippen molar-refractivity contribution in [1.82, 2.24) is 4.98 Å². The fourth-order valence-electron chi connectivity index (χ4n) is 2.69. The molecule has 0 unspecified atom stereocenters. The van der Waals surface area contributed by atoms with E-state index in [4.69, 9.17) is 0 Å². The van der Waals surface area contributed by atoms with Crippen molar-refractivity contribution in [2.75, 3.05) is 10.6 Å². The van der Waals surface area contributed by atoms with Gasteiger partial charge in [0.1, 0.15) is 23.0 Å². The molecule has 0 atom stereocenters. The molecule has 2 aromatic carbocycles. The van der Waals surface area contributed by atoms with Crippen LogP contribution >= 0.6 is 0 Å². The third-order valence-corrected chi connectivity index (χ3v) is 4.18. The number of hydrogen-bond donors (Lipinski definition) is 2. The monoisotopic (exact) mass is 381 g/mol. The quantitative estimate of drug-likeness (QED) is 0.700. The molecule has 142 valence electrons. The van der Waals surface area contributed by atoms with Gasteiger partial charge in [0.25, 0.3) is 11.8 Å². The minimum Gasteiger partial charge on any atom is -0.320 e. The van der Waals surface area contributed by atoms with Crippen LogP contribution in [0.1, 0.15) is 32.0 Å². The summed E-state index contributed by atoms with van der Waals surface area (Å²) in [6.45, 7) is 3.73. The van der Waals surface area contributed by atoms with Gasteiger partial charge < -0.3 is 10.6 Å². The van der Waals surface area contributed by atoms with Crippen LogP contribution in [0.3, 0.4) is 0 Å². The van der Waals surface area contributed by atoms with Crippen LogP contribution in [0.5, 0.6) is 0 Å². The Hall–Kier alpha value is -3.61. The van der Waals surface area contributed by atoms with Gasteiger partial charge in [-0.05, 0) is 49.2 Å². The number of nitrogens with one attached hydrogen (secondary N) is 2. The van der Waals surface area contributed by atoms with Crippen LogP contribution in [0.4, 0.5) is 20.2 Å². The second kappa shape index (κ2) is 7.96. The molecule has 3 rings (SSSR count). The molecule has 0 fully saturated rings. The molecule has 0 spiro atoms. The van der Waals surface area contributed by atoms with Crippen LogP contribution in [0, 0.1) is 25.5 Å². The van der Waals surface area contributed by atoms with Gasteiger partial charge >= 0.3 is 0 Å². The van der Waals surface area contributed by atoms with Crippen LogP contribution in [0.2, 0.25) is 0 Å². The van der Waals surface area contributed by atoms with Gasteiger partial charge in [0.2, 0.25) is 0 Å². The second-order valence-corrected chi connectivity index (χ2v) is 6.20. The Kier molecular flexibility index (Phi) is 5.44. The number of amides is 2. The lowest BCUT2D eigenvalue weighted by molar-refractivity contribution is 0.102. The summed E-state index contributed by atoms with van der Waals surface area (Å²) >= 11 is 0. The first-order valence-electron chi connectivity index (χ1n) is 8.46. The molecular weight excluding hydrogens is 364 g/mol. The maximum absolute atomic E-state index is 13.7. The van der Waals surface area contributed by atoms with Crippen LogP contribution in [0.15, 0.2) is 54.7 Å². The second-order valence-electron chi connectivity index (χ2n) is 6.20. The van der Waals surface area contributed by atoms with Gasteiger partial charge in [0.15, 0.2) is 0 Å². The van der Waals surface area contributed by atoms with Crippen molar-refractivity contribution < 1.29 is 18.4 Å². The largest absolute Gasteiger partial charge is 0.320 e. The highest BCUT2D eigenvalue weighted by Gasteiger charge is 2.16.